The van der Waals surface area contributed by atoms with Gasteiger partial charge in [-0.15, -0.1) is 0 Å². The summed E-state index contributed by atoms with van der Waals surface area (Å²) >= 11 is 0. The fraction of sp³-hybridized carbons (Fsp3) is 0.500. The first-order chi connectivity index (χ1) is 7.02. The van der Waals surface area contributed by atoms with E-state index in [9.17, 15) is 19.2 Å². The molecule has 0 spiro atoms. The van der Waals surface area contributed by atoms with Crippen LogP contribution >= 0.6 is 0 Å². The molecule has 0 aliphatic carbocycles. The monoisotopic (exact) mass is 234 g/mol. The van der Waals surface area contributed by atoms with Gasteiger partial charge in [0.05, 0.1) is 0 Å². The van der Waals surface area contributed by atoms with Crippen LogP contribution in [0.15, 0.2) is 0 Å². The van der Waals surface area contributed by atoms with E-state index in [2.05, 4.69) is 0 Å². The minimum absolute atomic E-state index is 0.542. The molecule has 0 aromatic rings. The zero-order valence-electron chi connectivity index (χ0n) is 8.42. The van der Waals surface area contributed by atoms with E-state index in [1.165, 1.54) is 0 Å². The molecule has 4 N–H and O–H groups in total. The first kappa shape index (κ1) is 13.9. The van der Waals surface area contributed by atoms with Gasteiger partial charge in [0.15, 0.2) is 10.8 Å². The Morgan fingerprint density at radius 3 is 0.812 bits per heavy atom. The molecule has 0 unspecified atom stereocenters. The van der Waals surface area contributed by atoms with Crippen LogP contribution in [0.1, 0.15) is 13.8 Å². The Morgan fingerprint density at radius 2 is 0.750 bits per heavy atom. The molecule has 0 radical (unpaired) electrons. The first-order valence-electron chi connectivity index (χ1n) is 3.96. The predicted octanol–water partition coefficient (Wildman–Crippen LogP) is -0.663. The third-order valence-corrected chi connectivity index (χ3v) is 2.71. The van der Waals surface area contributed by atoms with E-state index in [1.807, 2.05) is 0 Å². The van der Waals surface area contributed by atoms with Gasteiger partial charge in [-0.2, -0.15) is 0 Å². The van der Waals surface area contributed by atoms with Crippen LogP contribution in [-0.2, 0) is 19.2 Å². The van der Waals surface area contributed by atoms with Gasteiger partial charge in [0.25, 0.3) is 0 Å². The van der Waals surface area contributed by atoms with Crippen LogP contribution < -0.4 is 0 Å². The highest BCUT2D eigenvalue weighted by molar-refractivity contribution is 6.12. The molecule has 0 aromatic heterocycles. The van der Waals surface area contributed by atoms with Crippen molar-refractivity contribution in [2.45, 2.75) is 13.8 Å². The van der Waals surface area contributed by atoms with E-state index in [0.29, 0.717) is 13.8 Å². The summed E-state index contributed by atoms with van der Waals surface area (Å²) in [4.78, 5) is 43.2. The lowest BCUT2D eigenvalue weighted by atomic mass is 9.65. The number of hydrogen-bond donors (Lipinski definition) is 4. The van der Waals surface area contributed by atoms with Gasteiger partial charge in [-0.05, 0) is 13.8 Å². The summed E-state index contributed by atoms with van der Waals surface area (Å²) < 4.78 is 0. The fourth-order valence-corrected chi connectivity index (χ4v) is 1.04. The highest BCUT2D eigenvalue weighted by Gasteiger charge is 2.66. The summed E-state index contributed by atoms with van der Waals surface area (Å²) in [5.74, 6) is -8.14. The van der Waals surface area contributed by atoms with Crippen molar-refractivity contribution in [3.63, 3.8) is 0 Å². The van der Waals surface area contributed by atoms with E-state index in [0.717, 1.165) is 0 Å². The molecule has 0 aliphatic rings. The van der Waals surface area contributed by atoms with Crippen LogP contribution in [0.25, 0.3) is 0 Å². The summed E-state index contributed by atoms with van der Waals surface area (Å²) in [5, 5.41) is 34.9. The highest BCUT2D eigenvalue weighted by atomic mass is 16.4. The van der Waals surface area contributed by atoms with Crippen LogP contribution in [0, 0.1) is 10.8 Å². The average Bonchev–Trinajstić information content (AvgIpc) is 2.13. The van der Waals surface area contributed by atoms with Crippen LogP contribution in [0.3, 0.4) is 0 Å². The van der Waals surface area contributed by atoms with Gasteiger partial charge < -0.3 is 20.4 Å². The van der Waals surface area contributed by atoms with Crippen LogP contribution in [-0.4, -0.2) is 44.3 Å². The molecule has 8 nitrogen and oxygen atoms in total. The van der Waals surface area contributed by atoms with Gasteiger partial charge >= 0.3 is 23.9 Å². The van der Waals surface area contributed by atoms with Crippen LogP contribution in [0.2, 0.25) is 0 Å². The van der Waals surface area contributed by atoms with Crippen molar-refractivity contribution in [1.29, 1.82) is 0 Å². The smallest absolute Gasteiger partial charge is 0.322 e. The molecule has 0 saturated carbocycles. The third kappa shape index (κ3) is 1.47. The van der Waals surface area contributed by atoms with Gasteiger partial charge in [0, 0.05) is 0 Å². The van der Waals surface area contributed by atoms with E-state index >= 15 is 0 Å². The van der Waals surface area contributed by atoms with Gasteiger partial charge in [0.2, 0.25) is 0 Å². The Morgan fingerprint density at radius 1 is 0.625 bits per heavy atom. The number of aliphatic carboxylic acids is 4. The third-order valence-electron chi connectivity index (χ3n) is 2.71. The van der Waals surface area contributed by atoms with Gasteiger partial charge in [-0.1, -0.05) is 0 Å². The SMILES string of the molecule is CC(C(=O)O)(C(=O)O)C(C)(C(=O)O)C(=O)O. The Balaban J connectivity index is 6.05. The van der Waals surface area contributed by atoms with Crippen molar-refractivity contribution < 1.29 is 39.6 Å². The average molecular weight is 234 g/mol. The van der Waals surface area contributed by atoms with Crippen LogP contribution in [0.5, 0.6) is 0 Å². The summed E-state index contributed by atoms with van der Waals surface area (Å²) in [7, 11) is 0. The Hall–Kier alpha value is -2.12. The maximum absolute atomic E-state index is 10.8. The van der Waals surface area contributed by atoms with Crippen molar-refractivity contribution in [2.24, 2.45) is 10.8 Å². The van der Waals surface area contributed by atoms with E-state index in [1.54, 1.807) is 0 Å². The summed E-state index contributed by atoms with van der Waals surface area (Å²) in [6, 6.07) is 0. The number of rotatable bonds is 5. The molecule has 90 valence electrons. The zero-order chi connectivity index (χ0) is 13.3. The molecule has 0 bridgehead atoms. The van der Waals surface area contributed by atoms with Crippen LogP contribution in [0.4, 0.5) is 0 Å². The quantitative estimate of drug-likeness (QED) is 0.458. The zero-order valence-corrected chi connectivity index (χ0v) is 8.42. The molecule has 0 aromatic carbocycles. The summed E-state index contributed by atoms with van der Waals surface area (Å²) in [6.07, 6.45) is 0. The van der Waals surface area contributed by atoms with Crippen molar-refractivity contribution in [2.75, 3.05) is 0 Å². The molecule has 0 amide bonds. The maximum Gasteiger partial charge on any atom is 0.322 e. The largest absolute Gasteiger partial charge is 0.480 e. The maximum atomic E-state index is 10.8. The lowest BCUT2D eigenvalue weighted by Crippen LogP contribution is -2.57. The summed E-state index contributed by atoms with van der Waals surface area (Å²) in [6.45, 7) is 1.08. The lowest BCUT2D eigenvalue weighted by molar-refractivity contribution is -0.191. The first-order valence-corrected chi connectivity index (χ1v) is 3.96. The van der Waals surface area contributed by atoms with Gasteiger partial charge in [-0.3, -0.25) is 19.2 Å². The number of carboxylic acids is 4. The van der Waals surface area contributed by atoms with E-state index < -0.39 is 34.7 Å². The van der Waals surface area contributed by atoms with Crippen molar-refractivity contribution in [3.8, 4) is 0 Å². The molecule has 16 heavy (non-hydrogen) atoms. The van der Waals surface area contributed by atoms with Crippen molar-refractivity contribution in [3.05, 3.63) is 0 Å². The molecule has 0 saturated heterocycles. The van der Waals surface area contributed by atoms with Crippen molar-refractivity contribution >= 4 is 23.9 Å². The number of carboxylic acid groups (broad SMARTS) is 4. The standard InChI is InChI=1S/C8H10O8/c1-7(3(9)10,4(11)12)8(2,5(13)14)6(15)16/h1-2H3,(H,9,10)(H,11,12)(H,13,14)(H,15,16). The molecular formula is C8H10O8. The van der Waals surface area contributed by atoms with Gasteiger partial charge in [-0.25, -0.2) is 0 Å². The van der Waals surface area contributed by atoms with E-state index in [-0.39, 0.29) is 0 Å². The van der Waals surface area contributed by atoms with Crippen molar-refractivity contribution in [1.82, 2.24) is 0 Å². The highest BCUT2D eigenvalue weighted by Crippen LogP contribution is 2.40. The second-order valence-corrected chi connectivity index (χ2v) is 3.47. The normalized spacial score (nSPS) is 11.9. The summed E-state index contributed by atoms with van der Waals surface area (Å²) in [5.41, 5.74) is -5.94. The molecular weight excluding hydrogens is 224 g/mol. The minimum Gasteiger partial charge on any atom is -0.480 e. The molecule has 0 rings (SSSR count). The molecule has 0 atom stereocenters. The topological polar surface area (TPSA) is 149 Å². The number of carbonyl (C=O) groups is 4. The second-order valence-electron chi connectivity index (χ2n) is 3.47. The Bertz CT molecular complexity index is 304. The lowest BCUT2D eigenvalue weighted by Gasteiger charge is -2.32. The Kier molecular flexibility index (Phi) is 3.29. The number of hydrogen-bond acceptors (Lipinski definition) is 4. The van der Waals surface area contributed by atoms with E-state index in [4.69, 9.17) is 20.4 Å². The second kappa shape index (κ2) is 3.80. The van der Waals surface area contributed by atoms with Gasteiger partial charge in [0.1, 0.15) is 0 Å². The fourth-order valence-electron chi connectivity index (χ4n) is 1.04. The molecule has 0 aliphatic heterocycles. The molecule has 8 heteroatoms. The molecule has 0 heterocycles. The minimum atomic E-state index is -2.97. The predicted molar refractivity (Wildman–Crippen MR) is 46.8 cm³/mol. The molecule has 0 fully saturated rings. The Labute approximate surface area is 89.1 Å².